The molecule has 1 amide bonds. The first-order chi connectivity index (χ1) is 15.9. The molecule has 0 unspecified atom stereocenters. The van der Waals surface area contributed by atoms with Crippen LogP contribution >= 0.6 is 11.6 Å². The van der Waals surface area contributed by atoms with Crippen LogP contribution in [0.5, 0.6) is 5.75 Å². The maximum atomic E-state index is 14.4. The van der Waals surface area contributed by atoms with Crippen LogP contribution in [0.3, 0.4) is 0 Å². The van der Waals surface area contributed by atoms with E-state index in [1.165, 1.54) is 6.07 Å². The zero-order chi connectivity index (χ0) is 23.5. The Bertz CT molecular complexity index is 1270. The van der Waals surface area contributed by atoms with E-state index in [4.69, 9.17) is 16.3 Å². The third-order valence-corrected chi connectivity index (χ3v) is 6.22. The van der Waals surface area contributed by atoms with Gasteiger partial charge in [-0.1, -0.05) is 47.5 Å². The Kier molecular flexibility index (Phi) is 6.70. The molecule has 4 nitrogen and oxygen atoms in total. The molecule has 0 atom stereocenters. The fraction of sp³-hybridized carbons (Fsp3) is 0.222. The summed E-state index contributed by atoms with van der Waals surface area (Å²) in [6, 6.07) is 18.5. The summed E-state index contributed by atoms with van der Waals surface area (Å²) in [7, 11) is 0. The van der Waals surface area contributed by atoms with Crippen LogP contribution in [0, 0.1) is 12.7 Å². The Morgan fingerprint density at radius 3 is 2.42 bits per heavy atom. The third kappa shape index (κ3) is 4.60. The summed E-state index contributed by atoms with van der Waals surface area (Å²) in [5.74, 6) is 0.151. The van der Waals surface area contributed by atoms with Gasteiger partial charge in [-0.15, -0.1) is 0 Å². The second-order valence-electron chi connectivity index (χ2n) is 7.92. The van der Waals surface area contributed by atoms with Gasteiger partial charge < -0.3 is 14.2 Å². The van der Waals surface area contributed by atoms with Gasteiger partial charge in [-0.05, 0) is 56.7 Å². The van der Waals surface area contributed by atoms with Crippen LogP contribution in [0.2, 0.25) is 5.02 Å². The molecule has 0 spiro atoms. The number of ether oxygens (including phenoxy) is 1. The van der Waals surface area contributed by atoms with E-state index in [9.17, 15) is 9.18 Å². The topological polar surface area (TPSA) is 34.5 Å². The van der Waals surface area contributed by atoms with Gasteiger partial charge in [0.05, 0.1) is 6.54 Å². The van der Waals surface area contributed by atoms with Crippen LogP contribution in [0.15, 0.2) is 66.9 Å². The van der Waals surface area contributed by atoms with Crippen LogP contribution in [-0.2, 0) is 6.54 Å². The number of nitrogens with zero attached hydrogens (tertiary/aromatic N) is 2. The molecule has 0 aliphatic carbocycles. The summed E-state index contributed by atoms with van der Waals surface area (Å²) in [6.07, 6.45) is 1.52. The van der Waals surface area contributed by atoms with E-state index in [1.54, 1.807) is 23.1 Å². The summed E-state index contributed by atoms with van der Waals surface area (Å²) >= 11 is 6.26. The lowest BCUT2D eigenvalue weighted by molar-refractivity contribution is 0.157. The van der Waals surface area contributed by atoms with E-state index in [1.807, 2.05) is 67.9 Å². The maximum absolute atomic E-state index is 14.4. The van der Waals surface area contributed by atoms with Crippen LogP contribution < -0.4 is 4.74 Å². The van der Waals surface area contributed by atoms with E-state index >= 15 is 0 Å². The zero-order valence-electron chi connectivity index (χ0n) is 18.9. The Morgan fingerprint density at radius 1 is 1.03 bits per heavy atom. The van der Waals surface area contributed by atoms with E-state index in [0.717, 1.165) is 27.6 Å². The van der Waals surface area contributed by atoms with E-state index < -0.39 is 0 Å². The SMILES string of the molecule is CCN(CC)C(=O)Oc1ccc2c(ccn2Cc2c(F)cccc2Cl)c1-c1ccc(C)cc1. The minimum absolute atomic E-state index is 0.293. The number of amides is 1. The monoisotopic (exact) mass is 464 g/mol. The van der Waals surface area contributed by atoms with Crippen molar-refractivity contribution >= 4 is 28.6 Å². The molecule has 0 saturated carbocycles. The largest absolute Gasteiger partial charge is 0.415 e. The van der Waals surface area contributed by atoms with Crippen molar-refractivity contribution in [2.24, 2.45) is 0 Å². The Morgan fingerprint density at radius 2 is 1.76 bits per heavy atom. The molecular formula is C27H26ClFN2O2. The number of aryl methyl sites for hydroxylation is 1. The molecule has 0 N–H and O–H groups in total. The fourth-order valence-electron chi connectivity index (χ4n) is 3.99. The van der Waals surface area contributed by atoms with Gasteiger partial charge in [0.2, 0.25) is 0 Å². The standard InChI is InChI=1S/C27H26ClFN2O2/c1-4-30(5-2)27(32)33-25-14-13-24-20(26(25)19-11-9-18(3)10-12-19)15-16-31(24)17-21-22(28)7-6-8-23(21)29/h6-16H,4-5,17H2,1-3H3. The van der Waals surface area contributed by atoms with Crippen molar-refractivity contribution in [3.8, 4) is 16.9 Å². The number of hydrogen-bond acceptors (Lipinski definition) is 2. The van der Waals surface area contributed by atoms with Gasteiger partial charge in [-0.2, -0.15) is 0 Å². The number of carbonyl (C=O) groups excluding carboxylic acids is 1. The number of halogens is 2. The molecule has 1 heterocycles. The minimum Gasteiger partial charge on any atom is -0.410 e. The first-order valence-electron chi connectivity index (χ1n) is 11.0. The Hall–Kier alpha value is -3.31. The maximum Gasteiger partial charge on any atom is 0.415 e. The highest BCUT2D eigenvalue weighted by Gasteiger charge is 2.19. The first-order valence-corrected chi connectivity index (χ1v) is 11.4. The molecule has 0 fully saturated rings. The second kappa shape index (κ2) is 9.67. The lowest BCUT2D eigenvalue weighted by atomic mass is 9.99. The van der Waals surface area contributed by atoms with Crippen molar-refractivity contribution in [2.75, 3.05) is 13.1 Å². The molecule has 6 heteroatoms. The number of carbonyl (C=O) groups is 1. The van der Waals surface area contributed by atoms with Crippen molar-refractivity contribution in [2.45, 2.75) is 27.3 Å². The average Bonchev–Trinajstić information content (AvgIpc) is 3.20. The van der Waals surface area contributed by atoms with Gasteiger partial charge in [-0.25, -0.2) is 9.18 Å². The van der Waals surface area contributed by atoms with Crippen LogP contribution in [0.1, 0.15) is 25.0 Å². The molecule has 0 aliphatic heterocycles. The molecule has 33 heavy (non-hydrogen) atoms. The third-order valence-electron chi connectivity index (χ3n) is 5.86. The second-order valence-corrected chi connectivity index (χ2v) is 8.33. The lowest BCUT2D eigenvalue weighted by Crippen LogP contribution is -2.33. The molecule has 170 valence electrons. The van der Waals surface area contributed by atoms with Crippen LogP contribution in [-0.4, -0.2) is 28.6 Å². The van der Waals surface area contributed by atoms with Gasteiger partial charge in [0.25, 0.3) is 0 Å². The summed E-state index contributed by atoms with van der Waals surface area (Å²) in [5, 5.41) is 1.30. The quantitative estimate of drug-likeness (QED) is 0.300. The Balaban J connectivity index is 1.83. The van der Waals surface area contributed by atoms with Crippen molar-refractivity contribution in [1.82, 2.24) is 9.47 Å². The average molecular weight is 465 g/mol. The predicted molar refractivity (Wildman–Crippen MR) is 132 cm³/mol. The minimum atomic E-state index is -0.384. The summed E-state index contributed by atoms with van der Waals surface area (Å²) in [6.45, 7) is 7.29. The van der Waals surface area contributed by atoms with Crippen LogP contribution in [0.4, 0.5) is 9.18 Å². The number of rotatable bonds is 6. The molecule has 1 aromatic heterocycles. The van der Waals surface area contributed by atoms with Gasteiger partial charge in [0.1, 0.15) is 11.6 Å². The molecule has 4 rings (SSSR count). The first kappa shape index (κ1) is 22.9. The highest BCUT2D eigenvalue weighted by atomic mass is 35.5. The van der Waals surface area contributed by atoms with Gasteiger partial charge in [0, 0.05) is 46.3 Å². The number of benzene rings is 3. The molecule has 4 aromatic rings. The number of fused-ring (bicyclic) bond motifs is 1. The summed E-state index contributed by atoms with van der Waals surface area (Å²) in [5.41, 5.74) is 4.24. The molecule has 0 bridgehead atoms. The van der Waals surface area contributed by atoms with Crippen molar-refractivity contribution < 1.29 is 13.9 Å². The number of hydrogen-bond donors (Lipinski definition) is 0. The summed E-state index contributed by atoms with van der Waals surface area (Å²) < 4.78 is 22.2. The highest BCUT2D eigenvalue weighted by Crippen LogP contribution is 2.38. The van der Waals surface area contributed by atoms with Crippen LogP contribution in [0.25, 0.3) is 22.0 Å². The fourth-order valence-corrected chi connectivity index (χ4v) is 4.21. The normalized spacial score (nSPS) is 11.1. The van der Waals surface area contributed by atoms with E-state index in [2.05, 4.69) is 0 Å². The molecular weight excluding hydrogens is 439 g/mol. The Labute approximate surface area is 198 Å². The highest BCUT2D eigenvalue weighted by molar-refractivity contribution is 6.31. The molecule has 0 radical (unpaired) electrons. The molecule has 0 saturated heterocycles. The van der Waals surface area contributed by atoms with Gasteiger partial charge in [0.15, 0.2) is 0 Å². The van der Waals surface area contributed by atoms with Crippen molar-refractivity contribution in [3.63, 3.8) is 0 Å². The smallest absolute Gasteiger partial charge is 0.410 e. The van der Waals surface area contributed by atoms with Crippen molar-refractivity contribution in [1.29, 1.82) is 0 Å². The van der Waals surface area contributed by atoms with Gasteiger partial charge >= 0.3 is 6.09 Å². The van der Waals surface area contributed by atoms with E-state index in [0.29, 0.717) is 36.0 Å². The van der Waals surface area contributed by atoms with Crippen molar-refractivity contribution in [3.05, 3.63) is 88.8 Å². The predicted octanol–water partition coefficient (Wildman–Crippen LogP) is 7.30. The summed E-state index contributed by atoms with van der Waals surface area (Å²) in [4.78, 5) is 14.3. The van der Waals surface area contributed by atoms with E-state index in [-0.39, 0.29) is 11.9 Å². The molecule has 3 aromatic carbocycles. The lowest BCUT2D eigenvalue weighted by Gasteiger charge is -2.20. The van der Waals surface area contributed by atoms with Gasteiger partial charge in [-0.3, -0.25) is 0 Å². The molecule has 0 aliphatic rings. The zero-order valence-corrected chi connectivity index (χ0v) is 19.7. The number of aromatic nitrogens is 1.